The van der Waals surface area contributed by atoms with Crippen molar-refractivity contribution in [3.05, 3.63) is 0 Å². The predicted octanol–water partition coefficient (Wildman–Crippen LogP) is 0.677. The van der Waals surface area contributed by atoms with Crippen LogP contribution in [0, 0.1) is 0 Å². The summed E-state index contributed by atoms with van der Waals surface area (Å²) in [6.07, 6.45) is 5.88. The van der Waals surface area contributed by atoms with Crippen molar-refractivity contribution in [2.45, 2.75) is 70.5 Å². The minimum Gasteiger partial charge on any atom is -0.368 e. The SMILES string of the molecule is CC(C)NC(=O)CC(NC1CCCCC1)C(N)=O. The van der Waals surface area contributed by atoms with Crippen LogP contribution in [0.2, 0.25) is 0 Å². The Bertz CT molecular complexity index is 286. The molecule has 0 spiro atoms. The van der Waals surface area contributed by atoms with Crippen LogP contribution in [0.4, 0.5) is 0 Å². The van der Waals surface area contributed by atoms with Gasteiger partial charge in [-0.2, -0.15) is 0 Å². The van der Waals surface area contributed by atoms with Gasteiger partial charge in [0, 0.05) is 12.1 Å². The minimum absolute atomic E-state index is 0.0840. The first-order valence-electron chi connectivity index (χ1n) is 6.83. The van der Waals surface area contributed by atoms with E-state index in [1.54, 1.807) is 0 Å². The summed E-state index contributed by atoms with van der Waals surface area (Å²) < 4.78 is 0. The highest BCUT2D eigenvalue weighted by Gasteiger charge is 2.24. The third-order valence-corrected chi connectivity index (χ3v) is 3.22. The topological polar surface area (TPSA) is 84.2 Å². The Hall–Kier alpha value is -1.10. The molecule has 0 saturated heterocycles. The van der Waals surface area contributed by atoms with Crippen LogP contribution in [-0.4, -0.2) is 29.9 Å². The molecule has 0 radical (unpaired) electrons. The second kappa shape index (κ2) is 7.36. The molecule has 0 bridgehead atoms. The zero-order valence-corrected chi connectivity index (χ0v) is 11.4. The van der Waals surface area contributed by atoms with Crippen LogP contribution in [-0.2, 0) is 9.59 Å². The van der Waals surface area contributed by atoms with Gasteiger partial charge in [0.2, 0.25) is 11.8 Å². The highest BCUT2D eigenvalue weighted by Crippen LogP contribution is 2.18. The van der Waals surface area contributed by atoms with Gasteiger partial charge in [-0.3, -0.25) is 9.59 Å². The molecule has 0 aliphatic heterocycles. The molecule has 0 aromatic carbocycles. The summed E-state index contributed by atoms with van der Waals surface area (Å²) in [5, 5.41) is 6.00. The average Bonchev–Trinajstić information content (AvgIpc) is 2.28. The lowest BCUT2D eigenvalue weighted by Gasteiger charge is -2.27. The Morgan fingerprint density at radius 1 is 1.22 bits per heavy atom. The van der Waals surface area contributed by atoms with Crippen molar-refractivity contribution in [1.82, 2.24) is 10.6 Å². The van der Waals surface area contributed by atoms with Gasteiger partial charge in [-0.05, 0) is 26.7 Å². The van der Waals surface area contributed by atoms with Crippen molar-refractivity contribution >= 4 is 11.8 Å². The predicted molar refractivity (Wildman–Crippen MR) is 70.9 cm³/mol. The maximum Gasteiger partial charge on any atom is 0.235 e. The molecule has 0 heterocycles. The highest BCUT2D eigenvalue weighted by atomic mass is 16.2. The van der Waals surface area contributed by atoms with Crippen molar-refractivity contribution < 1.29 is 9.59 Å². The molecule has 104 valence electrons. The van der Waals surface area contributed by atoms with Gasteiger partial charge in [0.1, 0.15) is 0 Å². The second-order valence-electron chi connectivity index (χ2n) is 5.38. The molecule has 1 atom stereocenters. The minimum atomic E-state index is -0.549. The van der Waals surface area contributed by atoms with Crippen LogP contribution >= 0.6 is 0 Å². The third-order valence-electron chi connectivity index (χ3n) is 3.22. The van der Waals surface area contributed by atoms with E-state index in [-0.39, 0.29) is 18.4 Å². The number of carbonyl (C=O) groups is 2. The number of carbonyl (C=O) groups excluding carboxylic acids is 2. The van der Waals surface area contributed by atoms with E-state index in [1.165, 1.54) is 19.3 Å². The number of hydrogen-bond acceptors (Lipinski definition) is 3. The van der Waals surface area contributed by atoms with E-state index in [0.717, 1.165) is 12.8 Å². The number of nitrogens with two attached hydrogens (primary N) is 1. The van der Waals surface area contributed by atoms with Crippen molar-refractivity contribution in [2.24, 2.45) is 5.73 Å². The molecular weight excluding hydrogens is 230 g/mol. The zero-order chi connectivity index (χ0) is 13.5. The van der Waals surface area contributed by atoms with Gasteiger partial charge in [-0.1, -0.05) is 19.3 Å². The van der Waals surface area contributed by atoms with Crippen LogP contribution in [0.1, 0.15) is 52.4 Å². The molecule has 1 rings (SSSR count). The Labute approximate surface area is 109 Å². The molecule has 2 amide bonds. The van der Waals surface area contributed by atoms with E-state index in [1.807, 2.05) is 13.8 Å². The molecule has 1 saturated carbocycles. The summed E-state index contributed by atoms with van der Waals surface area (Å²) in [7, 11) is 0. The standard InChI is InChI=1S/C13H25N3O2/c1-9(2)15-12(17)8-11(13(14)18)16-10-6-4-3-5-7-10/h9-11,16H,3-8H2,1-2H3,(H2,14,18)(H,15,17). The summed E-state index contributed by atoms with van der Waals surface area (Å²) in [6.45, 7) is 3.79. The van der Waals surface area contributed by atoms with E-state index < -0.39 is 11.9 Å². The fourth-order valence-corrected chi connectivity index (χ4v) is 2.36. The molecule has 1 unspecified atom stereocenters. The highest BCUT2D eigenvalue weighted by molar-refractivity contribution is 5.87. The zero-order valence-electron chi connectivity index (χ0n) is 11.4. The number of nitrogens with one attached hydrogen (secondary N) is 2. The third kappa shape index (κ3) is 5.49. The Balaban J connectivity index is 2.43. The maximum absolute atomic E-state index is 11.7. The fourth-order valence-electron chi connectivity index (χ4n) is 2.36. The smallest absolute Gasteiger partial charge is 0.235 e. The summed E-state index contributed by atoms with van der Waals surface area (Å²) in [4.78, 5) is 23.0. The number of hydrogen-bond donors (Lipinski definition) is 3. The van der Waals surface area contributed by atoms with Crippen LogP contribution in [0.15, 0.2) is 0 Å². The lowest BCUT2D eigenvalue weighted by molar-refractivity contribution is -0.127. The average molecular weight is 255 g/mol. The van der Waals surface area contributed by atoms with Gasteiger partial charge < -0.3 is 16.4 Å². The van der Waals surface area contributed by atoms with E-state index >= 15 is 0 Å². The maximum atomic E-state index is 11.7. The summed E-state index contributed by atoms with van der Waals surface area (Å²) in [5.41, 5.74) is 5.35. The molecule has 0 aromatic rings. The van der Waals surface area contributed by atoms with Crippen molar-refractivity contribution in [2.75, 3.05) is 0 Å². The molecular formula is C13H25N3O2. The molecule has 5 nitrogen and oxygen atoms in total. The molecule has 5 heteroatoms. The Morgan fingerprint density at radius 3 is 2.33 bits per heavy atom. The quantitative estimate of drug-likeness (QED) is 0.652. The molecule has 0 aromatic heterocycles. The first-order chi connectivity index (χ1) is 8.49. The van der Waals surface area contributed by atoms with Gasteiger partial charge in [0.15, 0.2) is 0 Å². The first kappa shape index (κ1) is 15.0. The van der Waals surface area contributed by atoms with Crippen molar-refractivity contribution in [3.8, 4) is 0 Å². The van der Waals surface area contributed by atoms with Crippen LogP contribution in [0.25, 0.3) is 0 Å². The van der Waals surface area contributed by atoms with Gasteiger partial charge in [0.05, 0.1) is 12.5 Å². The van der Waals surface area contributed by atoms with E-state index in [4.69, 9.17) is 5.73 Å². The number of amides is 2. The van der Waals surface area contributed by atoms with E-state index in [2.05, 4.69) is 10.6 Å². The van der Waals surface area contributed by atoms with E-state index in [0.29, 0.717) is 6.04 Å². The van der Waals surface area contributed by atoms with Crippen LogP contribution < -0.4 is 16.4 Å². The second-order valence-corrected chi connectivity index (χ2v) is 5.38. The summed E-state index contributed by atoms with van der Waals surface area (Å²) in [5.74, 6) is -0.573. The fraction of sp³-hybridized carbons (Fsp3) is 0.846. The monoisotopic (exact) mass is 255 g/mol. The largest absolute Gasteiger partial charge is 0.368 e. The lowest BCUT2D eigenvalue weighted by atomic mass is 9.94. The number of rotatable bonds is 6. The molecule has 1 aliphatic rings. The van der Waals surface area contributed by atoms with Crippen LogP contribution in [0.3, 0.4) is 0 Å². The van der Waals surface area contributed by atoms with Gasteiger partial charge in [-0.15, -0.1) is 0 Å². The summed E-state index contributed by atoms with van der Waals surface area (Å²) in [6, 6.07) is -0.143. The van der Waals surface area contributed by atoms with Gasteiger partial charge in [-0.25, -0.2) is 0 Å². The normalized spacial score (nSPS) is 18.6. The molecule has 4 N–H and O–H groups in total. The Morgan fingerprint density at radius 2 is 1.83 bits per heavy atom. The molecule has 1 aliphatic carbocycles. The van der Waals surface area contributed by atoms with Gasteiger partial charge in [0.25, 0.3) is 0 Å². The summed E-state index contributed by atoms with van der Waals surface area (Å²) >= 11 is 0. The number of primary amides is 1. The molecule has 1 fully saturated rings. The Kier molecular flexibility index (Phi) is 6.12. The van der Waals surface area contributed by atoms with Crippen molar-refractivity contribution in [1.29, 1.82) is 0 Å². The lowest BCUT2D eigenvalue weighted by Crippen LogP contribution is -2.49. The van der Waals surface area contributed by atoms with Gasteiger partial charge >= 0.3 is 0 Å². The van der Waals surface area contributed by atoms with Crippen LogP contribution in [0.5, 0.6) is 0 Å². The first-order valence-corrected chi connectivity index (χ1v) is 6.83. The van der Waals surface area contributed by atoms with Crippen molar-refractivity contribution in [3.63, 3.8) is 0 Å². The molecule has 18 heavy (non-hydrogen) atoms. The van der Waals surface area contributed by atoms with E-state index in [9.17, 15) is 9.59 Å².